The molecule has 0 fully saturated rings. The highest BCUT2D eigenvalue weighted by Crippen LogP contribution is 2.25. The second kappa shape index (κ2) is 5.16. The van der Waals surface area contributed by atoms with Gasteiger partial charge >= 0.3 is 5.97 Å². The van der Waals surface area contributed by atoms with Gasteiger partial charge in [0.1, 0.15) is 6.10 Å². The number of carboxylic acids is 1. The maximum absolute atomic E-state index is 10.3. The van der Waals surface area contributed by atoms with Gasteiger partial charge in [-0.2, -0.15) is 0 Å². The number of hydrogen-bond acceptors (Lipinski definition) is 4. The van der Waals surface area contributed by atoms with Crippen molar-refractivity contribution in [2.45, 2.75) is 18.6 Å². The molecule has 0 aromatic heterocycles. The minimum Gasteiger partial charge on any atom is -0.481 e. The lowest BCUT2D eigenvalue weighted by molar-refractivity contribution is -0.141. The van der Waals surface area contributed by atoms with Gasteiger partial charge in [0.2, 0.25) is 0 Å². The predicted molar refractivity (Wildman–Crippen MR) is 59.1 cm³/mol. The van der Waals surface area contributed by atoms with Crippen LogP contribution in [0.3, 0.4) is 0 Å². The Labute approximate surface area is 97.1 Å². The number of hydrogen-bond donors (Lipinski definition) is 4. The van der Waals surface area contributed by atoms with Gasteiger partial charge in [-0.05, 0) is 17.7 Å². The van der Waals surface area contributed by atoms with Gasteiger partial charge in [-0.1, -0.05) is 17.7 Å². The van der Waals surface area contributed by atoms with Crippen LogP contribution in [-0.4, -0.2) is 27.4 Å². The Morgan fingerprint density at radius 1 is 1.44 bits per heavy atom. The van der Waals surface area contributed by atoms with E-state index in [-0.39, 0.29) is 5.02 Å². The first-order chi connectivity index (χ1) is 7.41. The molecule has 0 spiro atoms. The van der Waals surface area contributed by atoms with Crippen LogP contribution in [0.15, 0.2) is 18.2 Å². The van der Waals surface area contributed by atoms with Crippen molar-refractivity contribution >= 4 is 23.3 Å². The van der Waals surface area contributed by atoms with E-state index in [9.17, 15) is 15.0 Å². The van der Waals surface area contributed by atoms with Crippen LogP contribution in [0.4, 0.5) is 5.69 Å². The smallest absolute Gasteiger partial charge is 0.306 e. The van der Waals surface area contributed by atoms with Crippen LogP contribution in [0.2, 0.25) is 5.02 Å². The molecule has 2 unspecified atom stereocenters. The number of rotatable bonds is 4. The number of halogens is 1. The summed E-state index contributed by atoms with van der Waals surface area (Å²) in [6.07, 6.45) is -3.21. The normalized spacial score (nSPS) is 14.4. The highest BCUT2D eigenvalue weighted by atomic mass is 35.5. The summed E-state index contributed by atoms with van der Waals surface area (Å²) in [5, 5.41) is 27.7. The summed E-state index contributed by atoms with van der Waals surface area (Å²) in [7, 11) is 0. The molecule has 5 nitrogen and oxygen atoms in total. The van der Waals surface area contributed by atoms with Crippen molar-refractivity contribution in [2.75, 3.05) is 5.73 Å². The number of aliphatic hydroxyl groups excluding tert-OH is 2. The van der Waals surface area contributed by atoms with Gasteiger partial charge in [-0.25, -0.2) is 0 Å². The Morgan fingerprint density at radius 3 is 2.56 bits per heavy atom. The van der Waals surface area contributed by atoms with Crippen molar-refractivity contribution in [1.29, 1.82) is 0 Å². The van der Waals surface area contributed by atoms with Gasteiger partial charge in [-0.3, -0.25) is 4.79 Å². The Hall–Kier alpha value is -1.30. The first-order valence-corrected chi connectivity index (χ1v) is 4.92. The highest BCUT2D eigenvalue weighted by molar-refractivity contribution is 6.33. The van der Waals surface area contributed by atoms with Crippen LogP contribution in [0.5, 0.6) is 0 Å². The van der Waals surface area contributed by atoms with E-state index in [1.165, 1.54) is 18.2 Å². The maximum atomic E-state index is 10.3. The molecular weight excluding hydrogens is 234 g/mol. The molecule has 0 amide bonds. The van der Waals surface area contributed by atoms with Crippen LogP contribution < -0.4 is 5.73 Å². The number of carboxylic acid groups (broad SMARTS) is 1. The van der Waals surface area contributed by atoms with Crippen LogP contribution in [0.1, 0.15) is 18.1 Å². The standard InChI is InChI=1S/C10H12ClNO4/c11-6-3-5(1-2-7(6)12)10(16)8(13)4-9(14)15/h1-3,8,10,13,16H,4,12H2,(H,14,15). The zero-order valence-electron chi connectivity index (χ0n) is 8.30. The van der Waals surface area contributed by atoms with Crippen LogP contribution >= 0.6 is 11.6 Å². The minimum absolute atomic E-state index is 0.249. The molecule has 0 aliphatic heterocycles. The van der Waals surface area contributed by atoms with Crippen molar-refractivity contribution in [3.05, 3.63) is 28.8 Å². The third-order valence-electron chi connectivity index (χ3n) is 2.11. The molecule has 1 aromatic carbocycles. The molecule has 0 aliphatic rings. The molecule has 0 heterocycles. The number of nitrogens with two attached hydrogens (primary N) is 1. The molecule has 0 aliphatic carbocycles. The lowest BCUT2D eigenvalue weighted by atomic mass is 10.0. The second-order valence-electron chi connectivity index (χ2n) is 3.39. The maximum Gasteiger partial charge on any atom is 0.306 e. The van der Waals surface area contributed by atoms with E-state index in [0.29, 0.717) is 11.3 Å². The Morgan fingerprint density at radius 2 is 2.06 bits per heavy atom. The van der Waals surface area contributed by atoms with Crippen molar-refractivity contribution in [3.8, 4) is 0 Å². The summed E-state index contributed by atoms with van der Waals surface area (Å²) in [6, 6.07) is 4.36. The molecule has 16 heavy (non-hydrogen) atoms. The summed E-state index contributed by atoms with van der Waals surface area (Å²) in [4.78, 5) is 10.3. The second-order valence-corrected chi connectivity index (χ2v) is 3.80. The Bertz CT molecular complexity index is 396. The minimum atomic E-state index is -1.38. The van der Waals surface area contributed by atoms with Gasteiger partial charge in [0.15, 0.2) is 0 Å². The molecule has 88 valence electrons. The average Bonchev–Trinajstić information content (AvgIpc) is 2.20. The number of anilines is 1. The molecule has 0 bridgehead atoms. The van der Waals surface area contributed by atoms with Crippen molar-refractivity contribution in [1.82, 2.24) is 0 Å². The number of nitrogen functional groups attached to an aromatic ring is 1. The summed E-state index contributed by atoms with van der Waals surface area (Å²) in [5.74, 6) is -1.19. The molecule has 5 N–H and O–H groups in total. The first kappa shape index (κ1) is 12.8. The molecule has 0 saturated carbocycles. The van der Waals surface area contributed by atoms with Gasteiger partial charge in [0.05, 0.1) is 23.2 Å². The van der Waals surface area contributed by atoms with Crippen molar-refractivity contribution < 1.29 is 20.1 Å². The number of aliphatic carboxylic acids is 1. The van der Waals surface area contributed by atoms with Crippen LogP contribution in [0.25, 0.3) is 0 Å². The molecule has 1 aromatic rings. The third-order valence-corrected chi connectivity index (χ3v) is 2.44. The molecule has 0 saturated heterocycles. The number of aliphatic hydroxyl groups is 2. The van der Waals surface area contributed by atoms with Crippen molar-refractivity contribution in [2.24, 2.45) is 0 Å². The van der Waals surface area contributed by atoms with E-state index < -0.39 is 24.6 Å². The predicted octanol–water partition coefficient (Wildman–Crippen LogP) is 0.791. The Kier molecular flexibility index (Phi) is 4.12. The summed E-state index contributed by atoms with van der Waals surface area (Å²) in [5.41, 5.74) is 6.15. The largest absolute Gasteiger partial charge is 0.481 e. The SMILES string of the molecule is Nc1ccc(C(O)C(O)CC(=O)O)cc1Cl. The first-order valence-electron chi connectivity index (χ1n) is 4.54. The fraction of sp³-hybridized carbons (Fsp3) is 0.300. The number of carbonyl (C=O) groups is 1. The lowest BCUT2D eigenvalue weighted by Gasteiger charge is -2.16. The fourth-order valence-electron chi connectivity index (χ4n) is 1.24. The van der Waals surface area contributed by atoms with E-state index in [1.54, 1.807) is 0 Å². The van der Waals surface area contributed by atoms with Gasteiger partial charge < -0.3 is 21.1 Å². The van der Waals surface area contributed by atoms with E-state index in [1.807, 2.05) is 0 Å². The van der Waals surface area contributed by atoms with Gasteiger partial charge in [0, 0.05) is 0 Å². The summed E-state index contributed by atoms with van der Waals surface area (Å²) >= 11 is 5.73. The number of benzene rings is 1. The third kappa shape index (κ3) is 3.10. The van der Waals surface area contributed by atoms with Crippen LogP contribution in [-0.2, 0) is 4.79 Å². The van der Waals surface area contributed by atoms with Gasteiger partial charge in [-0.15, -0.1) is 0 Å². The summed E-state index contributed by atoms with van der Waals surface area (Å²) < 4.78 is 0. The zero-order valence-corrected chi connectivity index (χ0v) is 9.05. The molecule has 0 radical (unpaired) electrons. The van der Waals surface area contributed by atoms with E-state index >= 15 is 0 Å². The lowest BCUT2D eigenvalue weighted by Crippen LogP contribution is -2.21. The quantitative estimate of drug-likeness (QED) is 0.587. The monoisotopic (exact) mass is 245 g/mol. The highest BCUT2D eigenvalue weighted by Gasteiger charge is 2.21. The molecule has 6 heteroatoms. The Balaban J connectivity index is 2.83. The molecular formula is C10H12ClNO4. The van der Waals surface area contributed by atoms with Crippen molar-refractivity contribution in [3.63, 3.8) is 0 Å². The van der Waals surface area contributed by atoms with E-state index in [0.717, 1.165) is 0 Å². The zero-order chi connectivity index (χ0) is 12.3. The van der Waals surface area contributed by atoms with E-state index in [2.05, 4.69) is 0 Å². The van der Waals surface area contributed by atoms with E-state index in [4.69, 9.17) is 22.4 Å². The van der Waals surface area contributed by atoms with Crippen LogP contribution in [0, 0.1) is 0 Å². The fourth-order valence-corrected chi connectivity index (χ4v) is 1.43. The molecule has 1 rings (SSSR count). The summed E-state index contributed by atoms with van der Waals surface area (Å²) in [6.45, 7) is 0. The molecule has 2 atom stereocenters. The topological polar surface area (TPSA) is 104 Å². The average molecular weight is 246 g/mol. The van der Waals surface area contributed by atoms with Gasteiger partial charge in [0.25, 0.3) is 0 Å².